The molecule has 0 bridgehead atoms. The number of hydrogen-bond acceptors (Lipinski definition) is 9. The van der Waals surface area contributed by atoms with Gasteiger partial charge in [-0.2, -0.15) is 4.99 Å². The summed E-state index contributed by atoms with van der Waals surface area (Å²) in [6, 6.07) is 17.6. The number of benzene rings is 4. The molecule has 0 aliphatic carbocycles. The van der Waals surface area contributed by atoms with Gasteiger partial charge in [-0.3, -0.25) is 19.2 Å². The van der Waals surface area contributed by atoms with Crippen molar-refractivity contribution >= 4 is 93.2 Å². The van der Waals surface area contributed by atoms with Crippen LogP contribution >= 0.6 is 24.4 Å². The number of aryl methyl sites for hydroxylation is 2. The molecule has 4 aromatic rings. The minimum atomic E-state index is -1.37. The number of carbonyl (C=O) groups excluding carboxylic acids is 2. The smallest absolute Gasteiger partial charge is 0.338 e. The van der Waals surface area contributed by atoms with E-state index in [2.05, 4.69) is 42.1 Å². The highest BCUT2D eigenvalue weighted by Crippen LogP contribution is 2.38. The molecule has 316 valence electrons. The maximum absolute atomic E-state index is 14.2. The van der Waals surface area contributed by atoms with Crippen molar-refractivity contribution in [3.63, 3.8) is 0 Å². The minimum absolute atomic E-state index is 0. The van der Waals surface area contributed by atoms with Crippen LogP contribution in [-0.2, 0) is 14.4 Å². The summed E-state index contributed by atoms with van der Waals surface area (Å²) < 4.78 is 31.9. The Kier molecular flexibility index (Phi) is 19.7. The number of amides is 1. The van der Waals surface area contributed by atoms with Gasteiger partial charge < -0.3 is 32.6 Å². The fraction of sp³-hybridized carbons (Fsp3) is 0.214. The van der Waals surface area contributed by atoms with Gasteiger partial charge in [-0.15, -0.1) is 0 Å². The van der Waals surface area contributed by atoms with Gasteiger partial charge in [-0.1, -0.05) is 19.6 Å². The Bertz CT molecular complexity index is 2410. The lowest BCUT2D eigenvalue weighted by atomic mass is 10.0. The van der Waals surface area contributed by atoms with Gasteiger partial charge in [0, 0.05) is 23.1 Å². The highest BCUT2D eigenvalue weighted by Gasteiger charge is 2.50. The van der Waals surface area contributed by atoms with E-state index in [4.69, 9.17) is 35.6 Å². The lowest BCUT2D eigenvalue weighted by Gasteiger charge is -2.29. The van der Waals surface area contributed by atoms with Crippen molar-refractivity contribution < 1.29 is 47.6 Å². The Balaban J connectivity index is 0.000000934. The number of isothiocyanates is 1. The Labute approximate surface area is 356 Å². The maximum atomic E-state index is 14.2. The van der Waals surface area contributed by atoms with E-state index in [9.17, 15) is 28.0 Å². The van der Waals surface area contributed by atoms with Crippen LogP contribution in [0.5, 0.6) is 5.75 Å². The average Bonchev–Trinajstić information content (AvgIpc) is 3.31. The number of ether oxygens (including phenoxy) is 1. The number of carboxylic acid groups (broad SMARTS) is 2. The summed E-state index contributed by atoms with van der Waals surface area (Å²) in [5, 5.41) is 23.0. The quantitative estimate of drug-likeness (QED) is 0.0637. The van der Waals surface area contributed by atoms with Crippen molar-refractivity contribution in [1.82, 2.24) is 0 Å². The van der Waals surface area contributed by atoms with Crippen LogP contribution in [0.15, 0.2) is 77.8 Å². The number of rotatable bonds is 9. The van der Waals surface area contributed by atoms with E-state index in [0.29, 0.717) is 22.6 Å². The zero-order chi connectivity index (χ0) is 42.8. The first kappa shape index (κ1) is 53.0. The zero-order valence-corrected chi connectivity index (χ0v) is 34.3. The molecule has 1 aliphatic rings. The van der Waals surface area contributed by atoms with E-state index in [1.165, 1.54) is 41.8 Å². The van der Waals surface area contributed by atoms with Crippen molar-refractivity contribution in [3.8, 4) is 5.75 Å². The number of hydrogen-bond donors (Lipinski definition) is 3. The molecule has 1 heterocycles. The monoisotopic (exact) mass is 863 g/mol. The molecule has 1 amide bonds. The SMILES string of the molecule is C.CC(C)(Nc1ccc(OC=O)c(F)c1)C(=O)O.F.[C-]#[N+]c1ccc(N2C(=O)C(C)(C)N(c3ccc(C(=O)O)c(F)c3)C2=S)cc1C.[C-]#[N+]c1ccc(N=C=S)cc1C.[CH3-]. The normalized spacial score (nSPS) is 12.0. The summed E-state index contributed by atoms with van der Waals surface area (Å²) >= 11 is 9.98. The second kappa shape index (κ2) is 22.2. The van der Waals surface area contributed by atoms with E-state index in [1.54, 1.807) is 51.1 Å². The lowest BCUT2D eigenvalue weighted by molar-refractivity contribution is -0.141. The topological polar surface area (TPSA) is 158 Å². The summed E-state index contributed by atoms with van der Waals surface area (Å²) in [7, 11) is 0. The molecule has 0 spiro atoms. The highest BCUT2D eigenvalue weighted by molar-refractivity contribution is 7.81. The third-order valence-electron chi connectivity index (χ3n) is 8.24. The molecule has 0 atom stereocenters. The van der Waals surface area contributed by atoms with Gasteiger partial charge in [0.25, 0.3) is 12.4 Å². The molecule has 13 nitrogen and oxygen atoms in total. The van der Waals surface area contributed by atoms with Gasteiger partial charge in [-0.25, -0.2) is 28.1 Å². The third kappa shape index (κ3) is 12.3. The first-order valence-electron chi connectivity index (χ1n) is 16.4. The first-order chi connectivity index (χ1) is 26.7. The Morgan fingerprint density at radius 2 is 1.50 bits per heavy atom. The number of carbonyl (C=O) groups is 4. The average molecular weight is 864 g/mol. The molecule has 4 aromatic carbocycles. The van der Waals surface area contributed by atoms with Crippen LogP contribution in [0.1, 0.15) is 56.6 Å². The predicted octanol–water partition coefficient (Wildman–Crippen LogP) is 10.5. The Morgan fingerprint density at radius 3 is 1.97 bits per heavy atom. The van der Waals surface area contributed by atoms with Crippen LogP contribution in [0.3, 0.4) is 0 Å². The number of anilines is 3. The van der Waals surface area contributed by atoms with Crippen molar-refractivity contribution in [1.29, 1.82) is 0 Å². The standard InChI is InChI=1S/C20H16FN3O3S.C11H12FNO4.C9H6N2S.CH4.CH3.FH/c1-11-9-12(6-8-16(11)22-4)23-18(27)20(2,3)24(19(23)28)13-5-7-14(17(25)26)15(21)10-13;1-11(2,10(15)16)13-7-3-4-9(17-6-14)8(12)5-7;1-7-5-8(11-6-12)3-4-9(7)10-2;;;/h5-10H,1-3H3,(H,25,26);3-6,13H,1-2H3,(H,15,16);3-5H,1H3;1H4;1H3;1H/q;;;;-1;. The minimum Gasteiger partial charge on any atom is -0.480 e. The molecule has 60 heavy (non-hydrogen) atoms. The summed E-state index contributed by atoms with van der Waals surface area (Å²) in [6.45, 7) is 23.9. The molecule has 0 saturated carbocycles. The van der Waals surface area contributed by atoms with Crippen molar-refractivity contribution in [2.45, 2.75) is 60.0 Å². The number of carboxylic acids is 2. The lowest BCUT2D eigenvalue weighted by Crippen LogP contribution is -2.44. The molecular weight excluding hydrogens is 822 g/mol. The molecular formula is C42H42F3N6O7S2-. The van der Waals surface area contributed by atoms with Gasteiger partial charge >= 0.3 is 11.9 Å². The first-order valence-corrected chi connectivity index (χ1v) is 17.2. The fourth-order valence-electron chi connectivity index (χ4n) is 5.20. The van der Waals surface area contributed by atoms with Gasteiger partial charge in [0.2, 0.25) is 0 Å². The van der Waals surface area contributed by atoms with Gasteiger partial charge in [0.05, 0.1) is 29.6 Å². The summed E-state index contributed by atoms with van der Waals surface area (Å²) in [5.41, 5.74) is 1.78. The van der Waals surface area contributed by atoms with Crippen molar-refractivity contribution in [2.24, 2.45) is 4.99 Å². The van der Waals surface area contributed by atoms with Gasteiger partial charge in [0.1, 0.15) is 16.9 Å². The fourth-order valence-corrected chi connectivity index (χ4v) is 5.83. The van der Waals surface area contributed by atoms with E-state index in [0.717, 1.165) is 29.4 Å². The van der Waals surface area contributed by atoms with Crippen LogP contribution in [0.4, 0.5) is 47.6 Å². The van der Waals surface area contributed by atoms with Crippen LogP contribution in [0, 0.1) is 46.1 Å². The number of aromatic carboxylic acids is 1. The summed E-state index contributed by atoms with van der Waals surface area (Å²) in [4.78, 5) is 58.4. The predicted molar refractivity (Wildman–Crippen MR) is 234 cm³/mol. The van der Waals surface area contributed by atoms with Crippen LogP contribution in [-0.4, -0.2) is 55.9 Å². The molecule has 1 saturated heterocycles. The molecule has 1 aliphatic heterocycles. The molecule has 3 N–H and O–H groups in total. The highest BCUT2D eigenvalue weighted by atomic mass is 32.1. The van der Waals surface area contributed by atoms with Crippen LogP contribution in [0.25, 0.3) is 9.69 Å². The van der Waals surface area contributed by atoms with Crippen molar-refractivity contribution in [3.05, 3.63) is 131 Å². The van der Waals surface area contributed by atoms with Crippen molar-refractivity contribution in [2.75, 3.05) is 15.1 Å². The molecule has 18 heteroatoms. The second-order valence-electron chi connectivity index (χ2n) is 13.1. The summed E-state index contributed by atoms with van der Waals surface area (Å²) in [6.07, 6.45) is 0. The molecule has 0 aromatic heterocycles. The number of nitrogens with zero attached hydrogens (tertiary/aromatic N) is 5. The molecule has 0 radical (unpaired) electrons. The molecule has 1 fully saturated rings. The number of halogens is 3. The van der Waals surface area contributed by atoms with Crippen LogP contribution in [0.2, 0.25) is 0 Å². The number of aliphatic imine (C=N–C) groups is 1. The van der Waals surface area contributed by atoms with E-state index in [-0.39, 0.29) is 54.2 Å². The largest absolute Gasteiger partial charge is 0.480 e. The number of thiocarbonyl (C=S) groups is 2. The van der Waals surface area contributed by atoms with Crippen LogP contribution < -0.4 is 19.9 Å². The molecule has 0 unspecified atom stereocenters. The van der Waals surface area contributed by atoms with E-state index >= 15 is 0 Å². The zero-order valence-electron chi connectivity index (χ0n) is 32.7. The van der Waals surface area contributed by atoms with Gasteiger partial charge in [0.15, 0.2) is 28.1 Å². The van der Waals surface area contributed by atoms with E-state index in [1.807, 2.05) is 13.0 Å². The van der Waals surface area contributed by atoms with E-state index < -0.39 is 40.2 Å². The third-order valence-corrected chi connectivity index (χ3v) is 8.70. The van der Waals surface area contributed by atoms with Gasteiger partial charge in [-0.05, 0) is 132 Å². The number of aliphatic carboxylic acids is 1. The Morgan fingerprint density at radius 1 is 0.933 bits per heavy atom. The Hall–Kier alpha value is -6.98. The number of nitrogens with one attached hydrogen (secondary N) is 1. The molecule has 5 rings (SSSR count). The summed E-state index contributed by atoms with van der Waals surface area (Å²) in [5.74, 6) is -4.62. The maximum Gasteiger partial charge on any atom is 0.338 e. The second-order valence-corrected chi connectivity index (χ2v) is 13.6.